The summed E-state index contributed by atoms with van der Waals surface area (Å²) < 4.78 is 0. The van der Waals surface area contributed by atoms with Gasteiger partial charge in [0.1, 0.15) is 0 Å². The van der Waals surface area contributed by atoms with Gasteiger partial charge in [-0.2, -0.15) is 0 Å². The molecule has 0 bridgehead atoms. The Morgan fingerprint density at radius 2 is 1.60 bits per heavy atom. The lowest BCUT2D eigenvalue weighted by Crippen LogP contribution is -2.29. The molecule has 3 N–H and O–H groups in total. The van der Waals surface area contributed by atoms with Crippen LogP contribution >= 0.6 is 0 Å². The molecule has 20 heavy (non-hydrogen) atoms. The van der Waals surface area contributed by atoms with Gasteiger partial charge in [-0.15, -0.1) is 0 Å². The zero-order valence-corrected chi connectivity index (χ0v) is 12.6. The predicted molar refractivity (Wildman–Crippen MR) is 83.3 cm³/mol. The number of rotatable bonds is 3. The van der Waals surface area contributed by atoms with Gasteiger partial charge in [-0.1, -0.05) is 51.1 Å². The number of aromatic nitrogens is 1. The molecule has 1 unspecified atom stereocenters. The van der Waals surface area contributed by atoms with E-state index in [9.17, 15) is 0 Å². The zero-order chi connectivity index (χ0) is 14.8. The molecular formula is C17H23N3. The fraction of sp³-hybridized carbons (Fsp3) is 0.353. The Hall–Kier alpha value is -1.71. The van der Waals surface area contributed by atoms with E-state index in [1.807, 2.05) is 19.2 Å². The molecule has 0 aliphatic carbocycles. The van der Waals surface area contributed by atoms with Gasteiger partial charge in [0.25, 0.3) is 0 Å². The molecule has 1 heterocycles. The molecule has 0 radical (unpaired) electrons. The lowest BCUT2D eigenvalue weighted by Gasteiger charge is -2.21. The summed E-state index contributed by atoms with van der Waals surface area (Å²) in [4.78, 5) is 4.33. The van der Waals surface area contributed by atoms with Crippen LogP contribution in [0.4, 0.5) is 0 Å². The number of nitrogens with two attached hydrogens (primary N) is 1. The van der Waals surface area contributed by atoms with E-state index in [1.165, 1.54) is 5.56 Å². The second-order valence-corrected chi connectivity index (χ2v) is 6.20. The average Bonchev–Trinajstić information content (AvgIpc) is 2.41. The highest BCUT2D eigenvalue weighted by atomic mass is 15.2. The minimum absolute atomic E-state index is 0.0304. The van der Waals surface area contributed by atoms with E-state index >= 15 is 0 Å². The Balaban J connectivity index is 2.30. The summed E-state index contributed by atoms with van der Waals surface area (Å²) in [6.45, 7) is 8.62. The number of benzene rings is 1. The van der Waals surface area contributed by atoms with Gasteiger partial charge in [0.05, 0.1) is 6.04 Å². The van der Waals surface area contributed by atoms with Crippen molar-refractivity contribution in [3.05, 3.63) is 65.0 Å². The first-order valence-corrected chi connectivity index (χ1v) is 6.91. The number of hydrazine groups is 1. The molecule has 3 heteroatoms. The number of hydrogen-bond acceptors (Lipinski definition) is 3. The van der Waals surface area contributed by atoms with Gasteiger partial charge in [-0.05, 0) is 35.1 Å². The van der Waals surface area contributed by atoms with Crippen LogP contribution in [0.3, 0.4) is 0 Å². The second kappa shape index (κ2) is 5.73. The van der Waals surface area contributed by atoms with Crippen molar-refractivity contribution in [2.24, 2.45) is 5.84 Å². The Morgan fingerprint density at radius 3 is 2.05 bits per heavy atom. The first kappa shape index (κ1) is 14.7. The quantitative estimate of drug-likeness (QED) is 0.664. The van der Waals surface area contributed by atoms with Crippen LogP contribution < -0.4 is 11.3 Å². The van der Waals surface area contributed by atoms with Crippen molar-refractivity contribution in [2.75, 3.05) is 0 Å². The van der Waals surface area contributed by atoms with E-state index in [0.717, 1.165) is 16.8 Å². The van der Waals surface area contributed by atoms with Gasteiger partial charge in [0.15, 0.2) is 0 Å². The van der Waals surface area contributed by atoms with Crippen molar-refractivity contribution in [3.8, 4) is 0 Å². The molecule has 1 aromatic carbocycles. The van der Waals surface area contributed by atoms with Crippen LogP contribution in [0.1, 0.15) is 49.2 Å². The molecule has 1 atom stereocenters. The molecule has 0 amide bonds. The third-order valence-corrected chi connectivity index (χ3v) is 3.54. The third kappa shape index (κ3) is 3.24. The fourth-order valence-corrected chi connectivity index (χ4v) is 2.21. The largest absolute Gasteiger partial charge is 0.271 e. The van der Waals surface area contributed by atoms with Gasteiger partial charge < -0.3 is 0 Å². The van der Waals surface area contributed by atoms with Crippen molar-refractivity contribution >= 4 is 0 Å². The van der Waals surface area contributed by atoms with Crippen LogP contribution in [0.15, 0.2) is 42.6 Å². The van der Waals surface area contributed by atoms with Gasteiger partial charge >= 0.3 is 0 Å². The van der Waals surface area contributed by atoms with Crippen LogP contribution in [0, 0.1) is 6.92 Å². The lowest BCUT2D eigenvalue weighted by molar-refractivity contribution is 0.588. The Morgan fingerprint density at radius 1 is 1.00 bits per heavy atom. The summed E-state index contributed by atoms with van der Waals surface area (Å²) in [5, 5.41) is 0. The number of nitrogens with zero attached hydrogens (tertiary/aromatic N) is 1. The molecule has 0 saturated heterocycles. The summed E-state index contributed by atoms with van der Waals surface area (Å²) in [5.74, 6) is 5.72. The molecule has 2 rings (SSSR count). The summed E-state index contributed by atoms with van der Waals surface area (Å²) in [6.07, 6.45) is 1.87. The van der Waals surface area contributed by atoms with Crippen LogP contribution in [-0.4, -0.2) is 4.98 Å². The van der Waals surface area contributed by atoms with E-state index < -0.39 is 0 Å². The van der Waals surface area contributed by atoms with Crippen LogP contribution in [0.5, 0.6) is 0 Å². The van der Waals surface area contributed by atoms with Crippen LogP contribution in [-0.2, 0) is 5.41 Å². The van der Waals surface area contributed by atoms with E-state index in [1.54, 1.807) is 0 Å². The molecule has 0 spiro atoms. The molecule has 0 saturated carbocycles. The molecule has 0 fully saturated rings. The predicted octanol–water partition coefficient (Wildman–Crippen LogP) is 3.24. The van der Waals surface area contributed by atoms with E-state index in [2.05, 4.69) is 61.5 Å². The third-order valence-electron chi connectivity index (χ3n) is 3.54. The SMILES string of the molecule is Cc1ccc(C(NN)c2ccc(C(C)(C)C)cc2)cn1. The molecule has 106 valence electrons. The lowest BCUT2D eigenvalue weighted by atomic mass is 9.86. The molecular weight excluding hydrogens is 246 g/mol. The Labute approximate surface area is 121 Å². The van der Waals surface area contributed by atoms with Crippen molar-refractivity contribution in [3.63, 3.8) is 0 Å². The maximum Gasteiger partial charge on any atom is 0.0725 e. The fourth-order valence-electron chi connectivity index (χ4n) is 2.21. The minimum Gasteiger partial charge on any atom is -0.271 e. The standard InChI is InChI=1S/C17H23N3/c1-12-5-6-14(11-19-12)16(20-18)13-7-9-15(10-8-13)17(2,3)4/h5-11,16,20H,18H2,1-4H3. The normalized spacial score (nSPS) is 13.2. The van der Waals surface area contributed by atoms with E-state index in [0.29, 0.717) is 0 Å². The second-order valence-electron chi connectivity index (χ2n) is 6.20. The van der Waals surface area contributed by atoms with Gasteiger partial charge in [-0.3, -0.25) is 10.8 Å². The van der Waals surface area contributed by atoms with Crippen LogP contribution in [0.2, 0.25) is 0 Å². The number of aryl methyl sites for hydroxylation is 1. The van der Waals surface area contributed by atoms with Crippen molar-refractivity contribution in [1.29, 1.82) is 0 Å². The molecule has 2 aromatic rings. The highest BCUT2D eigenvalue weighted by molar-refractivity contribution is 5.34. The van der Waals surface area contributed by atoms with Crippen molar-refractivity contribution in [2.45, 2.75) is 39.2 Å². The zero-order valence-electron chi connectivity index (χ0n) is 12.6. The number of nitrogens with one attached hydrogen (secondary N) is 1. The average molecular weight is 269 g/mol. The maximum absolute atomic E-state index is 5.72. The van der Waals surface area contributed by atoms with Crippen molar-refractivity contribution in [1.82, 2.24) is 10.4 Å². The smallest absolute Gasteiger partial charge is 0.0725 e. The summed E-state index contributed by atoms with van der Waals surface area (Å²) in [6, 6.07) is 12.6. The van der Waals surface area contributed by atoms with E-state index in [4.69, 9.17) is 5.84 Å². The molecule has 1 aromatic heterocycles. The Kier molecular flexibility index (Phi) is 4.21. The molecule has 3 nitrogen and oxygen atoms in total. The number of pyridine rings is 1. The Bertz CT molecular complexity index is 550. The first-order valence-electron chi connectivity index (χ1n) is 6.91. The highest BCUT2D eigenvalue weighted by Gasteiger charge is 2.16. The first-order chi connectivity index (χ1) is 9.41. The van der Waals surface area contributed by atoms with Gasteiger partial charge in [0.2, 0.25) is 0 Å². The summed E-state index contributed by atoms with van der Waals surface area (Å²) >= 11 is 0. The van der Waals surface area contributed by atoms with Gasteiger partial charge in [0, 0.05) is 11.9 Å². The highest BCUT2D eigenvalue weighted by Crippen LogP contribution is 2.26. The number of hydrogen-bond donors (Lipinski definition) is 2. The monoisotopic (exact) mass is 269 g/mol. The molecule has 0 aliphatic heterocycles. The van der Waals surface area contributed by atoms with Crippen molar-refractivity contribution < 1.29 is 0 Å². The minimum atomic E-state index is -0.0304. The molecule has 0 aliphatic rings. The maximum atomic E-state index is 5.72. The summed E-state index contributed by atoms with van der Waals surface area (Å²) in [5.41, 5.74) is 7.58. The van der Waals surface area contributed by atoms with E-state index in [-0.39, 0.29) is 11.5 Å². The van der Waals surface area contributed by atoms with Gasteiger partial charge in [-0.25, -0.2) is 5.43 Å². The topological polar surface area (TPSA) is 50.9 Å². The summed E-state index contributed by atoms with van der Waals surface area (Å²) in [7, 11) is 0. The van der Waals surface area contributed by atoms with Crippen LogP contribution in [0.25, 0.3) is 0 Å².